The summed E-state index contributed by atoms with van der Waals surface area (Å²) in [6, 6.07) is 49.7. The summed E-state index contributed by atoms with van der Waals surface area (Å²) in [4.78, 5) is 14.1. The van der Waals surface area contributed by atoms with Gasteiger partial charge in [0.15, 0.2) is 0 Å². The van der Waals surface area contributed by atoms with Gasteiger partial charge in [-0.05, 0) is 88.0 Å². The van der Waals surface area contributed by atoms with E-state index in [9.17, 15) is 0 Å². The maximum Gasteiger partial charge on any atom is 0.147 e. The molecule has 230 valence electrons. The maximum atomic E-state index is 5.59. The van der Waals surface area contributed by atoms with Crippen LogP contribution in [0, 0.1) is 0 Å². The van der Waals surface area contributed by atoms with Gasteiger partial charge < -0.3 is 4.98 Å². The van der Waals surface area contributed by atoms with E-state index in [1.807, 2.05) is 12.3 Å². The molecule has 0 unspecified atom stereocenters. The van der Waals surface area contributed by atoms with Crippen LogP contribution < -0.4 is 0 Å². The number of hydrogen-bond acceptors (Lipinski definition) is 2. The zero-order valence-electron chi connectivity index (χ0n) is 27.2. The van der Waals surface area contributed by atoms with Gasteiger partial charge in [-0.3, -0.25) is 9.55 Å². The molecule has 0 saturated heterocycles. The van der Waals surface area contributed by atoms with E-state index >= 15 is 0 Å². The monoisotopic (exact) mass is 618 g/mol. The van der Waals surface area contributed by atoms with Gasteiger partial charge >= 0.3 is 0 Å². The third-order valence-corrected chi connectivity index (χ3v) is 9.54. The molecule has 9 rings (SSSR count). The van der Waals surface area contributed by atoms with Crippen LogP contribution in [0.2, 0.25) is 0 Å². The number of nitrogens with zero attached hydrogens (tertiary/aromatic N) is 3. The number of H-pyrrole nitrogens is 1. The highest BCUT2D eigenvalue weighted by Gasteiger charge is 2.24. The van der Waals surface area contributed by atoms with Gasteiger partial charge in [-0.1, -0.05) is 99.6 Å². The molecule has 3 aromatic heterocycles. The number of aromatic amines is 1. The summed E-state index contributed by atoms with van der Waals surface area (Å²) in [5, 5.41) is 4.80. The van der Waals surface area contributed by atoms with Crippen LogP contribution in [0.1, 0.15) is 26.3 Å². The topological polar surface area (TPSA) is 46.5 Å². The summed E-state index contributed by atoms with van der Waals surface area (Å²) < 4.78 is 2.33. The molecule has 0 saturated carbocycles. The average Bonchev–Trinajstić information content (AvgIpc) is 3.70. The fraction of sp³-hybridized carbons (Fsp3) is 0.0909. The van der Waals surface area contributed by atoms with E-state index in [2.05, 4.69) is 164 Å². The first kappa shape index (κ1) is 28.2. The van der Waals surface area contributed by atoms with Crippen molar-refractivity contribution in [2.45, 2.75) is 26.2 Å². The van der Waals surface area contributed by atoms with Crippen molar-refractivity contribution < 1.29 is 0 Å². The van der Waals surface area contributed by atoms with E-state index in [1.165, 1.54) is 27.1 Å². The van der Waals surface area contributed by atoms with Gasteiger partial charge in [0.05, 0.1) is 22.2 Å². The van der Waals surface area contributed by atoms with Crippen LogP contribution in [-0.2, 0) is 5.41 Å². The molecule has 4 heteroatoms. The average molecular weight is 619 g/mol. The van der Waals surface area contributed by atoms with E-state index in [0.717, 1.165) is 61.5 Å². The summed E-state index contributed by atoms with van der Waals surface area (Å²) >= 11 is 0. The number of pyridine rings is 1. The van der Waals surface area contributed by atoms with Crippen molar-refractivity contribution in [3.63, 3.8) is 0 Å². The van der Waals surface area contributed by atoms with Gasteiger partial charge in [0.25, 0.3) is 0 Å². The number of para-hydroxylation sites is 3. The van der Waals surface area contributed by atoms with Crippen LogP contribution in [0.3, 0.4) is 0 Å². The molecule has 0 aliphatic heterocycles. The number of imidazole rings is 1. The van der Waals surface area contributed by atoms with Gasteiger partial charge in [0.1, 0.15) is 5.82 Å². The standard InChI is InChI=1S/C44H34N4/c1-44(2,3)30-26-36-34-18-9-10-21-39(34)46-41(36)37(27-30)43-47-42-33(19-13-22-40(42)48(43)31-15-5-4-6-16-31)29-24-28-14-7-8-17-32(28)35(25-29)38-20-11-12-23-45-38/h4-27,46H,1-3H3. The molecule has 0 aliphatic rings. The summed E-state index contributed by atoms with van der Waals surface area (Å²) in [5.41, 5.74) is 11.9. The lowest BCUT2D eigenvalue weighted by molar-refractivity contribution is 0.591. The molecule has 0 fully saturated rings. The maximum absolute atomic E-state index is 5.59. The van der Waals surface area contributed by atoms with Crippen LogP contribution in [0.25, 0.3) is 83.1 Å². The van der Waals surface area contributed by atoms with Crippen molar-refractivity contribution in [2.75, 3.05) is 0 Å². The lowest BCUT2D eigenvalue weighted by Crippen LogP contribution is -2.11. The van der Waals surface area contributed by atoms with Gasteiger partial charge in [0, 0.05) is 44.9 Å². The number of aromatic nitrogens is 4. The number of rotatable bonds is 4. The van der Waals surface area contributed by atoms with Crippen molar-refractivity contribution in [1.29, 1.82) is 0 Å². The van der Waals surface area contributed by atoms with Crippen LogP contribution in [0.15, 0.2) is 146 Å². The Kier molecular flexibility index (Phi) is 6.34. The molecular formula is C44H34N4. The molecule has 48 heavy (non-hydrogen) atoms. The first-order valence-corrected chi connectivity index (χ1v) is 16.5. The molecule has 0 radical (unpaired) electrons. The highest BCUT2D eigenvalue weighted by atomic mass is 15.1. The quantitative estimate of drug-likeness (QED) is 0.213. The van der Waals surface area contributed by atoms with Crippen LogP contribution >= 0.6 is 0 Å². The minimum absolute atomic E-state index is 0.0525. The Morgan fingerprint density at radius 3 is 2.19 bits per heavy atom. The van der Waals surface area contributed by atoms with Crippen LogP contribution in [0.4, 0.5) is 0 Å². The van der Waals surface area contributed by atoms with Crippen LogP contribution in [-0.4, -0.2) is 19.5 Å². The Balaban J connectivity index is 1.38. The Morgan fingerprint density at radius 2 is 1.38 bits per heavy atom. The molecule has 0 spiro atoms. The lowest BCUT2D eigenvalue weighted by Gasteiger charge is -2.21. The van der Waals surface area contributed by atoms with Gasteiger partial charge in [-0.15, -0.1) is 0 Å². The number of benzene rings is 6. The second-order valence-electron chi connectivity index (χ2n) is 13.6. The first-order chi connectivity index (χ1) is 23.4. The normalized spacial score (nSPS) is 12.1. The minimum atomic E-state index is -0.0525. The Bertz CT molecular complexity index is 2640. The zero-order chi connectivity index (χ0) is 32.4. The summed E-state index contributed by atoms with van der Waals surface area (Å²) in [6.45, 7) is 6.85. The Morgan fingerprint density at radius 1 is 0.604 bits per heavy atom. The van der Waals surface area contributed by atoms with Crippen molar-refractivity contribution >= 4 is 43.6 Å². The second kappa shape index (κ2) is 10.8. The predicted molar refractivity (Wildman–Crippen MR) is 201 cm³/mol. The lowest BCUT2D eigenvalue weighted by atomic mass is 9.85. The SMILES string of the molecule is CC(C)(C)c1cc(-c2nc3c(-c4cc(-c5ccccn5)c5ccccc5c4)cccc3n2-c2ccccc2)c2[nH]c3ccccc3c2c1. The summed E-state index contributed by atoms with van der Waals surface area (Å²) in [7, 11) is 0. The summed E-state index contributed by atoms with van der Waals surface area (Å²) in [5.74, 6) is 0.914. The van der Waals surface area contributed by atoms with E-state index in [0.29, 0.717) is 0 Å². The Hall–Kier alpha value is -6.00. The van der Waals surface area contributed by atoms with E-state index in [1.54, 1.807) is 0 Å². The predicted octanol–water partition coefficient (Wildman–Crippen LogP) is 11.5. The third-order valence-electron chi connectivity index (χ3n) is 9.54. The molecule has 0 atom stereocenters. The highest BCUT2D eigenvalue weighted by Crippen LogP contribution is 2.42. The number of hydrogen-bond donors (Lipinski definition) is 1. The summed E-state index contributed by atoms with van der Waals surface area (Å²) in [6.07, 6.45) is 1.86. The molecule has 6 aromatic carbocycles. The van der Waals surface area contributed by atoms with E-state index in [-0.39, 0.29) is 5.41 Å². The molecule has 4 nitrogen and oxygen atoms in total. The van der Waals surface area contributed by atoms with Crippen molar-refractivity contribution in [1.82, 2.24) is 19.5 Å². The smallest absolute Gasteiger partial charge is 0.147 e. The number of nitrogens with one attached hydrogen (secondary N) is 1. The van der Waals surface area contributed by atoms with E-state index < -0.39 is 0 Å². The van der Waals surface area contributed by atoms with Gasteiger partial charge in [0.2, 0.25) is 0 Å². The molecule has 9 aromatic rings. The molecular weight excluding hydrogens is 585 g/mol. The highest BCUT2D eigenvalue weighted by molar-refractivity contribution is 6.12. The van der Waals surface area contributed by atoms with E-state index in [4.69, 9.17) is 9.97 Å². The molecule has 1 N–H and O–H groups in total. The van der Waals surface area contributed by atoms with Gasteiger partial charge in [-0.25, -0.2) is 4.98 Å². The fourth-order valence-electron chi connectivity index (χ4n) is 7.11. The van der Waals surface area contributed by atoms with Crippen molar-refractivity contribution in [2.24, 2.45) is 0 Å². The Labute approximate surface area is 279 Å². The number of fused-ring (bicyclic) bond motifs is 5. The first-order valence-electron chi connectivity index (χ1n) is 16.5. The van der Waals surface area contributed by atoms with Gasteiger partial charge in [-0.2, -0.15) is 0 Å². The van der Waals surface area contributed by atoms with Crippen LogP contribution in [0.5, 0.6) is 0 Å². The minimum Gasteiger partial charge on any atom is -0.354 e. The van der Waals surface area contributed by atoms with Crippen molar-refractivity contribution in [3.05, 3.63) is 151 Å². The second-order valence-corrected chi connectivity index (χ2v) is 13.6. The molecule has 0 bridgehead atoms. The molecule has 0 amide bonds. The largest absolute Gasteiger partial charge is 0.354 e. The molecule has 0 aliphatic carbocycles. The fourth-order valence-corrected chi connectivity index (χ4v) is 7.11. The third kappa shape index (κ3) is 4.52. The van der Waals surface area contributed by atoms with Crippen molar-refractivity contribution in [3.8, 4) is 39.5 Å². The zero-order valence-corrected chi connectivity index (χ0v) is 27.2. The molecule has 3 heterocycles.